The summed E-state index contributed by atoms with van der Waals surface area (Å²) in [7, 11) is 0. The predicted molar refractivity (Wildman–Crippen MR) is 64.7 cm³/mol. The van der Waals surface area contributed by atoms with Crippen LogP contribution < -0.4 is 0 Å². The fraction of sp³-hybridized carbons (Fsp3) is 0.400. The topological polar surface area (TPSA) is 0 Å². The van der Waals surface area contributed by atoms with Crippen LogP contribution in [0.1, 0.15) is 12.0 Å². The highest BCUT2D eigenvalue weighted by atomic mass is 35.6. The van der Waals surface area contributed by atoms with Crippen LogP contribution in [0.2, 0.25) is 0 Å². The predicted octanol–water partition coefficient (Wildman–Crippen LogP) is 4.60. The summed E-state index contributed by atoms with van der Waals surface area (Å²) >= 11 is 23.0. The number of alkyl halides is 4. The molecule has 0 bridgehead atoms. The van der Waals surface area contributed by atoms with E-state index < -0.39 is 3.79 Å². The van der Waals surface area contributed by atoms with Crippen LogP contribution in [0.25, 0.3) is 0 Å². The molecule has 1 aromatic carbocycles. The molecule has 0 nitrogen and oxygen atoms in total. The average Bonchev–Trinajstić information content (AvgIpc) is 2.02. The third kappa shape index (κ3) is 5.31. The molecule has 0 aliphatic carbocycles. The molecule has 0 saturated heterocycles. The smallest absolute Gasteiger partial charge is 0.122 e. The first-order valence-corrected chi connectivity index (χ1v) is 5.79. The summed E-state index contributed by atoms with van der Waals surface area (Å²) in [5.74, 6) is 0. The largest absolute Gasteiger partial charge is 0.192 e. The Balaban J connectivity index is 2.46. The molecule has 0 N–H and O–H groups in total. The van der Waals surface area contributed by atoms with Crippen LogP contribution in [0, 0.1) is 0 Å². The molecule has 0 spiro atoms. The number of rotatable bonds is 3. The maximum atomic E-state index is 6.05. The van der Waals surface area contributed by atoms with E-state index in [-0.39, 0.29) is 5.38 Å². The summed E-state index contributed by atoms with van der Waals surface area (Å²) in [6.07, 6.45) is 1.07. The Hall–Kier alpha value is 0.380. The molecule has 1 aromatic rings. The lowest BCUT2D eigenvalue weighted by atomic mass is 10.1. The fourth-order valence-corrected chi connectivity index (χ4v) is 2.40. The Labute approximate surface area is 104 Å². The molecule has 1 rings (SSSR count). The molecule has 0 heterocycles. The molecular weight excluding hydrogens is 262 g/mol. The van der Waals surface area contributed by atoms with Gasteiger partial charge in [0.2, 0.25) is 0 Å². The summed E-state index contributed by atoms with van der Waals surface area (Å²) in [6, 6.07) is 9.91. The van der Waals surface area contributed by atoms with Crippen LogP contribution in [0.3, 0.4) is 0 Å². The Kier molecular flexibility index (Phi) is 4.86. The molecule has 0 aliphatic rings. The molecule has 14 heavy (non-hydrogen) atoms. The van der Waals surface area contributed by atoms with Gasteiger partial charge in [0.25, 0.3) is 0 Å². The average molecular weight is 272 g/mol. The van der Waals surface area contributed by atoms with Crippen molar-refractivity contribution in [3.05, 3.63) is 35.9 Å². The number of hydrogen-bond acceptors (Lipinski definition) is 0. The highest BCUT2D eigenvalue weighted by Crippen LogP contribution is 2.33. The van der Waals surface area contributed by atoms with Gasteiger partial charge in [-0.15, -0.1) is 11.6 Å². The van der Waals surface area contributed by atoms with Crippen LogP contribution >= 0.6 is 46.4 Å². The zero-order valence-electron chi connectivity index (χ0n) is 7.39. The van der Waals surface area contributed by atoms with Gasteiger partial charge >= 0.3 is 0 Å². The molecule has 0 aromatic heterocycles. The van der Waals surface area contributed by atoms with Crippen LogP contribution in [0.5, 0.6) is 0 Å². The van der Waals surface area contributed by atoms with Crippen molar-refractivity contribution >= 4 is 46.4 Å². The van der Waals surface area contributed by atoms with E-state index >= 15 is 0 Å². The van der Waals surface area contributed by atoms with Crippen LogP contribution in [0.15, 0.2) is 30.3 Å². The van der Waals surface area contributed by atoms with Gasteiger partial charge in [-0.2, -0.15) is 0 Å². The van der Waals surface area contributed by atoms with E-state index in [4.69, 9.17) is 46.4 Å². The van der Waals surface area contributed by atoms with Gasteiger partial charge < -0.3 is 0 Å². The monoisotopic (exact) mass is 270 g/mol. The van der Waals surface area contributed by atoms with E-state index in [0.717, 1.165) is 12.0 Å². The van der Waals surface area contributed by atoms with Gasteiger partial charge in [-0.05, 0) is 12.0 Å². The minimum absolute atomic E-state index is 0.148. The lowest BCUT2D eigenvalue weighted by molar-refractivity contribution is 0.762. The van der Waals surface area contributed by atoms with E-state index in [0.29, 0.717) is 6.42 Å². The molecule has 1 atom stereocenters. The Morgan fingerprint density at radius 2 is 1.64 bits per heavy atom. The van der Waals surface area contributed by atoms with Crippen molar-refractivity contribution in [1.82, 2.24) is 0 Å². The molecule has 1 unspecified atom stereocenters. The molecule has 0 fully saturated rings. The van der Waals surface area contributed by atoms with E-state index in [2.05, 4.69) is 0 Å². The molecular formula is C10H10Cl4. The van der Waals surface area contributed by atoms with Crippen LogP contribution in [0.4, 0.5) is 0 Å². The standard InChI is InChI=1S/C10H10Cl4/c11-9(7-10(12,13)14)6-8-4-2-1-3-5-8/h1-5,9H,6-7H2. The quantitative estimate of drug-likeness (QED) is 0.705. The van der Waals surface area contributed by atoms with Gasteiger partial charge in [0.1, 0.15) is 0 Å². The Morgan fingerprint density at radius 3 is 2.14 bits per heavy atom. The van der Waals surface area contributed by atoms with Crippen molar-refractivity contribution in [1.29, 1.82) is 0 Å². The third-order valence-electron chi connectivity index (χ3n) is 1.75. The maximum absolute atomic E-state index is 6.05. The van der Waals surface area contributed by atoms with Gasteiger partial charge in [0.15, 0.2) is 3.79 Å². The second-order valence-corrected chi connectivity index (χ2v) is 6.24. The zero-order chi connectivity index (χ0) is 10.6. The molecule has 78 valence electrons. The summed E-state index contributed by atoms with van der Waals surface area (Å²) in [6.45, 7) is 0. The SMILES string of the molecule is ClC(Cc1ccccc1)CC(Cl)(Cl)Cl. The van der Waals surface area contributed by atoms with Crippen molar-refractivity contribution in [3.63, 3.8) is 0 Å². The summed E-state index contributed by atoms with van der Waals surface area (Å²) in [4.78, 5) is 0. The minimum atomic E-state index is -1.26. The molecule has 0 saturated carbocycles. The van der Waals surface area contributed by atoms with Crippen LogP contribution in [-0.4, -0.2) is 9.17 Å². The number of hydrogen-bond donors (Lipinski definition) is 0. The van der Waals surface area contributed by atoms with E-state index in [1.807, 2.05) is 30.3 Å². The second-order valence-electron chi connectivity index (χ2n) is 3.11. The Morgan fingerprint density at radius 1 is 1.07 bits per heavy atom. The maximum Gasteiger partial charge on any atom is 0.192 e. The highest BCUT2D eigenvalue weighted by molar-refractivity contribution is 6.67. The third-order valence-corrected chi connectivity index (χ3v) is 2.52. The van der Waals surface area contributed by atoms with Gasteiger partial charge in [-0.25, -0.2) is 0 Å². The van der Waals surface area contributed by atoms with Crippen molar-refractivity contribution < 1.29 is 0 Å². The molecule has 0 aliphatic heterocycles. The van der Waals surface area contributed by atoms with Gasteiger partial charge in [-0.3, -0.25) is 0 Å². The highest BCUT2D eigenvalue weighted by Gasteiger charge is 2.24. The minimum Gasteiger partial charge on any atom is -0.122 e. The summed E-state index contributed by atoms with van der Waals surface area (Å²) in [5.41, 5.74) is 1.15. The fourth-order valence-electron chi connectivity index (χ4n) is 1.19. The molecule has 0 radical (unpaired) electrons. The number of halogens is 4. The van der Waals surface area contributed by atoms with Crippen LogP contribution in [-0.2, 0) is 6.42 Å². The number of benzene rings is 1. The lowest BCUT2D eigenvalue weighted by Crippen LogP contribution is -2.13. The van der Waals surface area contributed by atoms with E-state index in [1.165, 1.54) is 0 Å². The lowest BCUT2D eigenvalue weighted by Gasteiger charge is -2.15. The van der Waals surface area contributed by atoms with E-state index in [9.17, 15) is 0 Å². The van der Waals surface area contributed by atoms with Gasteiger partial charge in [-0.1, -0.05) is 65.1 Å². The normalized spacial score (nSPS) is 14.0. The Bertz CT molecular complexity index is 265. The molecule has 0 amide bonds. The van der Waals surface area contributed by atoms with Gasteiger partial charge in [0, 0.05) is 11.8 Å². The van der Waals surface area contributed by atoms with Crippen molar-refractivity contribution in [2.24, 2.45) is 0 Å². The van der Waals surface area contributed by atoms with E-state index in [1.54, 1.807) is 0 Å². The van der Waals surface area contributed by atoms with Crippen molar-refractivity contribution in [3.8, 4) is 0 Å². The first-order chi connectivity index (χ1) is 6.47. The molecule has 4 heteroatoms. The first kappa shape index (κ1) is 12.4. The van der Waals surface area contributed by atoms with Crippen molar-refractivity contribution in [2.75, 3.05) is 0 Å². The summed E-state index contributed by atoms with van der Waals surface area (Å²) in [5, 5.41) is -0.148. The second kappa shape index (κ2) is 5.46. The first-order valence-electron chi connectivity index (χ1n) is 4.22. The van der Waals surface area contributed by atoms with Gasteiger partial charge in [0.05, 0.1) is 0 Å². The van der Waals surface area contributed by atoms with Crippen molar-refractivity contribution in [2.45, 2.75) is 22.0 Å². The summed E-state index contributed by atoms with van der Waals surface area (Å²) < 4.78 is -1.26. The zero-order valence-corrected chi connectivity index (χ0v) is 10.4.